The van der Waals surface area contributed by atoms with Crippen LogP contribution in [-0.2, 0) is 24.9 Å². The topological polar surface area (TPSA) is 63.3 Å². The number of aryl methyl sites for hydroxylation is 2. The third-order valence-electron chi connectivity index (χ3n) is 7.74. The van der Waals surface area contributed by atoms with Gasteiger partial charge in [-0.05, 0) is 25.7 Å². The maximum absolute atomic E-state index is 11.7. The predicted octanol–water partition coefficient (Wildman–Crippen LogP) is 9.48. The quantitative estimate of drug-likeness (QED) is 0.0795. The van der Waals surface area contributed by atoms with Crippen LogP contribution in [0.25, 0.3) is 33.2 Å². The molecule has 0 saturated heterocycles. The molecule has 6 heteroatoms. The molecule has 0 aliphatic carbocycles. The minimum absolute atomic E-state index is 0. The van der Waals surface area contributed by atoms with E-state index in [1.807, 2.05) is 33.9 Å². The standard InChI is InChI=1S/C22H22GeNO.C13H24O2.Ir/c1-14-10-15(2)12-16(11-14)21-22-18(8-9-24-21)19-13-17(23(3,4)5)6-7-20(19)25-22;1-5-10(6-2)12(14)9-13(15)11(7-3)8-4;/h6-11,13H,1-5H3;9-11,14H,5-8H2,1-4H3;/q-1;;/b;12-9-;. The number of furan rings is 1. The number of aromatic nitrogens is 1. The summed E-state index contributed by atoms with van der Waals surface area (Å²) < 4.78 is 7.72. The molecule has 0 spiro atoms. The molecule has 1 N–H and O–H groups in total. The van der Waals surface area contributed by atoms with E-state index in [0.717, 1.165) is 59.1 Å². The van der Waals surface area contributed by atoms with Crippen LogP contribution in [0, 0.1) is 31.7 Å². The van der Waals surface area contributed by atoms with Gasteiger partial charge in [-0.15, -0.1) is 0 Å². The molecule has 4 nitrogen and oxygen atoms in total. The van der Waals surface area contributed by atoms with Crippen LogP contribution >= 0.6 is 0 Å². The average molecular weight is 794 g/mol. The zero-order valence-electron chi connectivity index (χ0n) is 26.1. The Labute approximate surface area is 262 Å². The maximum Gasteiger partial charge on any atom is 0 e. The van der Waals surface area contributed by atoms with Crippen molar-refractivity contribution < 1.29 is 34.4 Å². The second-order valence-electron chi connectivity index (χ2n) is 11.9. The first-order valence-corrected chi connectivity index (χ1v) is 22.0. The van der Waals surface area contributed by atoms with Gasteiger partial charge in [-0.1, -0.05) is 27.7 Å². The molecule has 223 valence electrons. The van der Waals surface area contributed by atoms with Crippen LogP contribution in [0.1, 0.15) is 64.5 Å². The number of rotatable bonds is 9. The number of hydrogen-bond acceptors (Lipinski definition) is 4. The predicted molar refractivity (Wildman–Crippen MR) is 172 cm³/mol. The van der Waals surface area contributed by atoms with Crippen LogP contribution in [-0.4, -0.2) is 29.1 Å². The second kappa shape index (κ2) is 15.3. The van der Waals surface area contributed by atoms with Gasteiger partial charge in [-0.3, -0.25) is 4.79 Å². The molecule has 0 amide bonds. The minimum Gasteiger partial charge on any atom is 0 e. The number of carbonyl (C=O) groups excluding carboxylic acids is 1. The molecular formula is C35H46GeIrNO3-. The Morgan fingerprint density at radius 3 is 2.15 bits per heavy atom. The van der Waals surface area contributed by atoms with Gasteiger partial charge in [0, 0.05) is 38.0 Å². The zero-order chi connectivity index (χ0) is 29.6. The summed E-state index contributed by atoms with van der Waals surface area (Å²) in [7, 11) is 0. The summed E-state index contributed by atoms with van der Waals surface area (Å²) in [6.45, 7) is 12.2. The van der Waals surface area contributed by atoms with Crippen molar-refractivity contribution in [1.82, 2.24) is 4.98 Å². The van der Waals surface area contributed by atoms with Gasteiger partial charge in [0.05, 0.1) is 5.76 Å². The van der Waals surface area contributed by atoms with Crippen molar-refractivity contribution in [2.24, 2.45) is 11.8 Å². The van der Waals surface area contributed by atoms with Crippen LogP contribution in [0.15, 0.2) is 58.8 Å². The number of aliphatic hydroxyl groups excluding tert-OH is 1. The monoisotopic (exact) mass is 795 g/mol. The fourth-order valence-electron chi connectivity index (χ4n) is 5.16. The van der Waals surface area contributed by atoms with E-state index in [2.05, 4.69) is 78.6 Å². The molecule has 0 unspecified atom stereocenters. The van der Waals surface area contributed by atoms with Gasteiger partial charge in [0.15, 0.2) is 5.78 Å². The molecule has 4 rings (SSSR count). The number of hydrogen-bond donors (Lipinski definition) is 1. The van der Waals surface area contributed by atoms with Crippen molar-refractivity contribution in [2.75, 3.05) is 0 Å². The molecule has 0 aliphatic rings. The average Bonchev–Trinajstić information content (AvgIpc) is 3.27. The van der Waals surface area contributed by atoms with Crippen LogP contribution in [0.5, 0.6) is 0 Å². The number of carbonyl (C=O) groups is 1. The number of fused-ring (bicyclic) bond motifs is 3. The fourth-order valence-corrected chi connectivity index (χ4v) is 7.60. The van der Waals surface area contributed by atoms with Crippen molar-refractivity contribution in [3.05, 3.63) is 71.6 Å². The molecule has 0 fully saturated rings. The summed E-state index contributed by atoms with van der Waals surface area (Å²) in [5.41, 5.74) is 5.99. The Morgan fingerprint density at radius 2 is 1.59 bits per heavy atom. The summed E-state index contributed by atoms with van der Waals surface area (Å²) in [6, 6.07) is 16.4. The number of nitrogens with zero attached hydrogens (tertiary/aromatic N) is 1. The molecule has 0 atom stereocenters. The van der Waals surface area contributed by atoms with Crippen molar-refractivity contribution in [3.8, 4) is 11.3 Å². The van der Waals surface area contributed by atoms with Crippen molar-refractivity contribution in [1.29, 1.82) is 0 Å². The Hall–Kier alpha value is -2.21. The summed E-state index contributed by atoms with van der Waals surface area (Å²) in [6.07, 6.45) is 6.78. The summed E-state index contributed by atoms with van der Waals surface area (Å²) in [5.74, 6) is 7.80. The van der Waals surface area contributed by atoms with Gasteiger partial charge in [-0.2, -0.15) is 0 Å². The first kappa shape index (κ1) is 35.0. The van der Waals surface area contributed by atoms with Gasteiger partial charge >= 0.3 is 151 Å². The van der Waals surface area contributed by atoms with Crippen LogP contribution in [0.3, 0.4) is 0 Å². The molecule has 2 aromatic carbocycles. The van der Waals surface area contributed by atoms with E-state index in [0.29, 0.717) is 0 Å². The summed E-state index contributed by atoms with van der Waals surface area (Å²) in [5, 5.41) is 12.1. The molecule has 0 bridgehead atoms. The number of pyridine rings is 1. The molecule has 0 saturated carbocycles. The van der Waals surface area contributed by atoms with Crippen LogP contribution in [0.4, 0.5) is 0 Å². The van der Waals surface area contributed by atoms with Crippen LogP contribution in [0.2, 0.25) is 17.3 Å². The number of ketones is 1. The third-order valence-corrected chi connectivity index (χ3v) is 12.0. The SMILES string of the molecule is CCC(CC)C(=O)/C=C(\O)C(CC)CC.Cc1[c-]c(-c2nccc3c2oc2cc[c]([Ge]([CH3])([CH3])[CH3])cc23)cc(C)c1.[Ir]. The first-order chi connectivity index (χ1) is 18.9. The number of aliphatic hydroxyl groups is 1. The molecule has 4 aromatic rings. The second-order valence-corrected chi connectivity index (χ2v) is 22.5. The Bertz CT molecular complexity index is 1470. The van der Waals surface area contributed by atoms with Gasteiger partial charge in [0.1, 0.15) is 0 Å². The molecule has 2 aromatic heterocycles. The molecular weight excluding hydrogens is 747 g/mol. The van der Waals surface area contributed by atoms with Gasteiger partial charge in [0.25, 0.3) is 0 Å². The molecule has 2 heterocycles. The van der Waals surface area contributed by atoms with Crippen molar-refractivity contribution in [2.45, 2.75) is 84.5 Å². The molecule has 0 aliphatic heterocycles. The normalized spacial score (nSPS) is 12.0. The maximum atomic E-state index is 11.7. The van der Waals surface area contributed by atoms with Crippen LogP contribution < -0.4 is 4.40 Å². The minimum atomic E-state index is -1.88. The van der Waals surface area contributed by atoms with E-state index in [1.54, 1.807) is 0 Å². The van der Waals surface area contributed by atoms with E-state index in [1.165, 1.54) is 21.4 Å². The largest absolute Gasteiger partial charge is 0 e. The Balaban J connectivity index is 0.000000320. The Kier molecular flexibility index (Phi) is 13.1. The van der Waals surface area contributed by atoms with E-state index < -0.39 is 13.3 Å². The fraction of sp³-hybridized carbons (Fsp3) is 0.429. The van der Waals surface area contributed by atoms with Gasteiger partial charge in [0.2, 0.25) is 0 Å². The first-order valence-electron chi connectivity index (χ1n) is 14.7. The molecule has 41 heavy (non-hydrogen) atoms. The van der Waals surface area contributed by atoms with Gasteiger partial charge < -0.3 is 5.11 Å². The summed E-state index contributed by atoms with van der Waals surface area (Å²) >= 11 is -1.88. The van der Waals surface area contributed by atoms with E-state index in [-0.39, 0.29) is 43.5 Å². The number of benzene rings is 2. The smallest absolute Gasteiger partial charge is 0 e. The zero-order valence-corrected chi connectivity index (χ0v) is 30.6. The Morgan fingerprint density at radius 1 is 0.951 bits per heavy atom. The number of allylic oxidation sites excluding steroid dienone is 2. The van der Waals surface area contributed by atoms with Crippen molar-refractivity contribution in [3.63, 3.8) is 0 Å². The van der Waals surface area contributed by atoms with Gasteiger partial charge in [-0.25, -0.2) is 0 Å². The van der Waals surface area contributed by atoms with E-state index in [4.69, 9.17) is 4.42 Å². The third kappa shape index (κ3) is 8.65. The summed E-state index contributed by atoms with van der Waals surface area (Å²) in [4.78, 5) is 16.3. The van der Waals surface area contributed by atoms with Crippen molar-refractivity contribution >= 4 is 45.4 Å². The van der Waals surface area contributed by atoms with E-state index >= 15 is 0 Å². The van der Waals surface area contributed by atoms with E-state index in [9.17, 15) is 9.90 Å². The molecule has 1 radical (unpaired) electrons.